The number of hydrogen-bond donors (Lipinski definition) is 1. The first-order valence-electron chi connectivity index (χ1n) is 9.08. The molecule has 27 heavy (non-hydrogen) atoms. The number of aromatic nitrogens is 2. The van der Waals surface area contributed by atoms with Crippen molar-refractivity contribution in [1.29, 1.82) is 0 Å². The van der Waals surface area contributed by atoms with Gasteiger partial charge in [-0.3, -0.25) is 4.79 Å². The Morgan fingerprint density at radius 2 is 2.04 bits per heavy atom. The monoisotopic (exact) mass is 391 g/mol. The number of hydrogen-bond acceptors (Lipinski definition) is 5. The van der Waals surface area contributed by atoms with Gasteiger partial charge in [0.25, 0.3) is 10.0 Å². The molecule has 0 aliphatic carbocycles. The van der Waals surface area contributed by atoms with Gasteiger partial charge < -0.3 is 4.74 Å². The second-order valence-corrected chi connectivity index (χ2v) is 8.76. The van der Waals surface area contributed by atoms with Gasteiger partial charge in [0.2, 0.25) is 5.91 Å². The Hall–Kier alpha value is -2.19. The van der Waals surface area contributed by atoms with Gasteiger partial charge in [-0.2, -0.15) is 5.10 Å². The summed E-state index contributed by atoms with van der Waals surface area (Å²) in [6.07, 6.45) is 2.46. The molecule has 0 saturated carbocycles. The van der Waals surface area contributed by atoms with Crippen molar-refractivity contribution in [3.05, 3.63) is 41.7 Å². The molecule has 0 bridgehead atoms. The lowest BCUT2D eigenvalue weighted by Crippen LogP contribution is -2.35. The van der Waals surface area contributed by atoms with E-state index in [1.165, 1.54) is 12.1 Å². The quantitative estimate of drug-likeness (QED) is 0.817. The maximum absolute atomic E-state index is 12.5. The number of ether oxygens (including phenoxy) is 1. The van der Waals surface area contributed by atoms with Crippen molar-refractivity contribution in [2.24, 2.45) is 5.92 Å². The van der Waals surface area contributed by atoms with Crippen LogP contribution in [0, 0.1) is 19.8 Å². The minimum atomic E-state index is -3.91. The maximum Gasteiger partial charge on any atom is 0.264 e. The van der Waals surface area contributed by atoms with Crippen LogP contribution in [0.1, 0.15) is 37.6 Å². The van der Waals surface area contributed by atoms with E-state index >= 15 is 0 Å². The van der Waals surface area contributed by atoms with E-state index in [1.54, 1.807) is 23.7 Å². The Kier molecular flexibility index (Phi) is 5.67. The normalized spacial score (nSPS) is 18.4. The molecule has 1 fully saturated rings. The molecule has 146 valence electrons. The van der Waals surface area contributed by atoms with Gasteiger partial charge in [0.15, 0.2) is 0 Å². The summed E-state index contributed by atoms with van der Waals surface area (Å²) in [7, 11) is -3.91. The lowest BCUT2D eigenvalue weighted by atomic mass is 10.0. The molecule has 0 radical (unpaired) electrons. The van der Waals surface area contributed by atoms with E-state index in [0.29, 0.717) is 13.0 Å². The first-order valence-corrected chi connectivity index (χ1v) is 10.6. The zero-order valence-corrected chi connectivity index (χ0v) is 16.6. The maximum atomic E-state index is 12.5. The van der Waals surface area contributed by atoms with Crippen LogP contribution in [-0.4, -0.2) is 36.8 Å². The van der Waals surface area contributed by atoms with Crippen molar-refractivity contribution >= 4 is 15.9 Å². The van der Waals surface area contributed by atoms with Crippen molar-refractivity contribution in [2.45, 2.75) is 51.0 Å². The highest BCUT2D eigenvalue weighted by molar-refractivity contribution is 7.90. The van der Waals surface area contributed by atoms with Crippen LogP contribution in [0.15, 0.2) is 35.2 Å². The second-order valence-electron chi connectivity index (χ2n) is 7.07. The molecular weight excluding hydrogens is 366 g/mol. The molecule has 0 spiro atoms. The number of sulfonamides is 1. The lowest BCUT2D eigenvalue weighted by molar-refractivity contribution is -0.123. The van der Waals surface area contributed by atoms with Crippen LogP contribution in [0.25, 0.3) is 5.69 Å². The molecular formula is C19H25N3O4S. The van der Waals surface area contributed by atoms with Gasteiger partial charge in [-0.25, -0.2) is 17.8 Å². The molecule has 8 heteroatoms. The van der Waals surface area contributed by atoms with Gasteiger partial charge in [-0.1, -0.05) is 6.92 Å². The molecule has 2 atom stereocenters. The number of rotatable bonds is 6. The highest BCUT2D eigenvalue weighted by atomic mass is 32.2. The van der Waals surface area contributed by atoms with Crippen LogP contribution >= 0.6 is 0 Å². The average Bonchev–Trinajstić information content (AvgIpc) is 3.23. The van der Waals surface area contributed by atoms with Crippen LogP contribution < -0.4 is 4.72 Å². The average molecular weight is 391 g/mol. The third kappa shape index (κ3) is 4.56. The first-order chi connectivity index (χ1) is 12.8. The van der Waals surface area contributed by atoms with E-state index < -0.39 is 21.8 Å². The zero-order valence-electron chi connectivity index (χ0n) is 15.8. The summed E-state index contributed by atoms with van der Waals surface area (Å²) < 4.78 is 34.5. The molecule has 3 rings (SSSR count). The van der Waals surface area contributed by atoms with E-state index in [-0.39, 0.29) is 11.0 Å². The summed E-state index contributed by atoms with van der Waals surface area (Å²) >= 11 is 0. The molecule has 1 aromatic carbocycles. The molecule has 1 saturated heterocycles. The van der Waals surface area contributed by atoms with Crippen molar-refractivity contribution in [2.75, 3.05) is 6.61 Å². The van der Waals surface area contributed by atoms with E-state index in [1.807, 2.05) is 19.9 Å². The lowest BCUT2D eigenvalue weighted by Gasteiger charge is -2.16. The molecule has 7 nitrogen and oxygen atoms in total. The molecule has 2 heterocycles. The van der Waals surface area contributed by atoms with Gasteiger partial charge in [0.05, 0.1) is 22.4 Å². The molecule has 1 aromatic heterocycles. The fourth-order valence-corrected chi connectivity index (χ4v) is 4.36. The zero-order chi connectivity index (χ0) is 19.6. The van der Waals surface area contributed by atoms with Crippen LogP contribution in [0.5, 0.6) is 0 Å². The highest BCUT2D eigenvalue weighted by Gasteiger charge is 2.26. The number of aryl methyl sites for hydroxylation is 2. The predicted octanol–water partition coefficient (Wildman–Crippen LogP) is 2.50. The van der Waals surface area contributed by atoms with Crippen LogP contribution in [-0.2, 0) is 19.6 Å². The van der Waals surface area contributed by atoms with E-state index in [4.69, 9.17) is 4.74 Å². The number of amides is 1. The van der Waals surface area contributed by atoms with Crippen LogP contribution in [0.2, 0.25) is 0 Å². The Morgan fingerprint density at radius 3 is 2.59 bits per heavy atom. The molecule has 1 amide bonds. The highest BCUT2D eigenvalue weighted by Crippen LogP contribution is 2.21. The fourth-order valence-electron chi connectivity index (χ4n) is 3.28. The van der Waals surface area contributed by atoms with Gasteiger partial charge in [0.1, 0.15) is 0 Å². The van der Waals surface area contributed by atoms with Gasteiger partial charge in [0, 0.05) is 18.2 Å². The molecule has 1 aliphatic heterocycles. The van der Waals surface area contributed by atoms with Crippen LogP contribution in [0.4, 0.5) is 0 Å². The second kappa shape index (κ2) is 7.82. The Bertz CT molecular complexity index is 913. The molecule has 2 unspecified atom stereocenters. The number of nitrogens with one attached hydrogen (secondary N) is 1. The number of carbonyl (C=O) groups excluding carboxylic acids is 1. The fraction of sp³-hybridized carbons (Fsp3) is 0.474. The summed E-state index contributed by atoms with van der Waals surface area (Å²) in [5.41, 5.74) is 2.61. The smallest absolute Gasteiger partial charge is 0.264 e. The van der Waals surface area contributed by atoms with Crippen LogP contribution in [0.3, 0.4) is 0 Å². The SMILES string of the molecule is Cc1cc(C)n(-c2ccc(S(=O)(=O)NC(=O)C(C)CC3CCCO3)cc2)n1. The first kappa shape index (κ1) is 19.6. The number of carbonyl (C=O) groups is 1. The molecule has 2 aromatic rings. The largest absolute Gasteiger partial charge is 0.378 e. The topological polar surface area (TPSA) is 90.3 Å². The Balaban J connectivity index is 1.69. The Labute approximate surface area is 159 Å². The summed E-state index contributed by atoms with van der Waals surface area (Å²) in [6.45, 7) is 6.26. The third-order valence-corrected chi connectivity index (χ3v) is 6.09. The van der Waals surface area contributed by atoms with E-state index in [9.17, 15) is 13.2 Å². The summed E-state index contributed by atoms with van der Waals surface area (Å²) in [4.78, 5) is 12.3. The van der Waals surface area contributed by atoms with Crippen molar-refractivity contribution in [3.8, 4) is 5.69 Å². The minimum absolute atomic E-state index is 0.0357. The van der Waals surface area contributed by atoms with E-state index in [2.05, 4.69) is 9.82 Å². The molecule has 1 aliphatic rings. The third-order valence-electron chi connectivity index (χ3n) is 4.72. The van der Waals surface area contributed by atoms with Crippen molar-refractivity contribution in [1.82, 2.24) is 14.5 Å². The number of benzene rings is 1. The standard InChI is InChI=1S/C19H25N3O4S/c1-13(11-17-5-4-10-26-17)19(23)21-27(24,25)18-8-6-16(7-9-18)22-15(3)12-14(2)20-22/h6-9,12-13,17H,4-5,10-11H2,1-3H3,(H,21,23). The minimum Gasteiger partial charge on any atom is -0.378 e. The number of nitrogens with zero attached hydrogens (tertiary/aromatic N) is 2. The summed E-state index contributed by atoms with van der Waals surface area (Å²) in [5, 5.41) is 4.38. The van der Waals surface area contributed by atoms with Gasteiger partial charge in [-0.05, 0) is 63.4 Å². The van der Waals surface area contributed by atoms with Crippen molar-refractivity contribution in [3.63, 3.8) is 0 Å². The van der Waals surface area contributed by atoms with E-state index in [0.717, 1.165) is 29.9 Å². The predicted molar refractivity (Wildman–Crippen MR) is 101 cm³/mol. The Morgan fingerprint density at radius 1 is 1.33 bits per heavy atom. The molecule has 1 N–H and O–H groups in total. The summed E-state index contributed by atoms with van der Waals surface area (Å²) in [6, 6.07) is 8.25. The van der Waals surface area contributed by atoms with Gasteiger partial charge >= 0.3 is 0 Å². The van der Waals surface area contributed by atoms with Crippen molar-refractivity contribution < 1.29 is 17.9 Å². The van der Waals surface area contributed by atoms with Gasteiger partial charge in [-0.15, -0.1) is 0 Å². The summed E-state index contributed by atoms with van der Waals surface area (Å²) in [5.74, 6) is -0.940.